The molecule has 1 atom stereocenters. The second kappa shape index (κ2) is 8.35. The molecule has 3 fully saturated rings. The normalized spacial score (nSPS) is 23.2. The second-order valence-electron chi connectivity index (χ2n) is 8.91. The minimum Gasteiger partial charge on any atom is -0.450 e. The SMILES string of the molecule is CCOC(=O)N1CC2(CC[C@@H](N3CCN(c4ncc(F)cc4-c4cnsc4)CC3)C2)C1. The van der Waals surface area contributed by atoms with Crippen molar-refractivity contribution in [2.45, 2.75) is 32.2 Å². The van der Waals surface area contributed by atoms with Gasteiger partial charge in [-0.3, -0.25) is 4.90 Å². The van der Waals surface area contributed by atoms with Crippen molar-refractivity contribution in [3.8, 4) is 11.1 Å². The number of hydrogen-bond acceptors (Lipinski definition) is 7. The highest BCUT2D eigenvalue weighted by molar-refractivity contribution is 7.03. The molecule has 2 saturated heterocycles. The molecule has 0 aromatic carbocycles. The molecule has 1 amide bonds. The number of hydrogen-bond donors (Lipinski definition) is 0. The van der Waals surface area contributed by atoms with Gasteiger partial charge in [0, 0.05) is 73.4 Å². The molecule has 1 aliphatic carbocycles. The lowest BCUT2D eigenvalue weighted by Gasteiger charge is -2.48. The van der Waals surface area contributed by atoms with E-state index in [9.17, 15) is 9.18 Å². The minimum atomic E-state index is -0.322. The number of pyridine rings is 1. The summed E-state index contributed by atoms with van der Waals surface area (Å²) in [6.45, 7) is 7.65. The lowest BCUT2D eigenvalue weighted by molar-refractivity contribution is -0.00294. The third kappa shape index (κ3) is 4.01. The number of likely N-dealkylation sites (tertiary alicyclic amines) is 1. The Kier molecular flexibility index (Phi) is 5.56. The van der Waals surface area contributed by atoms with Crippen LogP contribution in [0.15, 0.2) is 23.8 Å². The minimum absolute atomic E-state index is 0.173. The van der Waals surface area contributed by atoms with Crippen molar-refractivity contribution in [2.24, 2.45) is 5.41 Å². The number of anilines is 1. The van der Waals surface area contributed by atoms with Crippen molar-refractivity contribution in [1.29, 1.82) is 0 Å². The summed E-state index contributed by atoms with van der Waals surface area (Å²) in [5, 5.41) is 1.94. The Labute approximate surface area is 186 Å². The van der Waals surface area contributed by atoms with Crippen molar-refractivity contribution in [3.63, 3.8) is 0 Å². The summed E-state index contributed by atoms with van der Waals surface area (Å²) in [4.78, 5) is 23.0. The smallest absolute Gasteiger partial charge is 0.409 e. The molecule has 2 aromatic heterocycles. The first-order valence-electron chi connectivity index (χ1n) is 11.0. The van der Waals surface area contributed by atoms with Crippen LogP contribution in [0.5, 0.6) is 0 Å². The highest BCUT2D eigenvalue weighted by Gasteiger charge is 2.51. The Hall–Kier alpha value is -2.26. The van der Waals surface area contributed by atoms with Gasteiger partial charge >= 0.3 is 6.09 Å². The number of piperazine rings is 1. The third-order valence-corrected chi connectivity index (χ3v) is 7.55. The van der Waals surface area contributed by atoms with Gasteiger partial charge < -0.3 is 14.5 Å². The molecular weight excluding hydrogens is 417 g/mol. The summed E-state index contributed by atoms with van der Waals surface area (Å²) in [6, 6.07) is 2.14. The van der Waals surface area contributed by atoms with Crippen LogP contribution in [-0.2, 0) is 4.74 Å². The maximum absolute atomic E-state index is 13.9. The molecule has 1 saturated carbocycles. The van der Waals surface area contributed by atoms with Crippen LogP contribution in [0, 0.1) is 11.2 Å². The molecular formula is C22H28FN5O2S. The topological polar surface area (TPSA) is 61.8 Å². The van der Waals surface area contributed by atoms with Gasteiger partial charge in [-0.2, -0.15) is 0 Å². The number of amides is 1. The van der Waals surface area contributed by atoms with Crippen molar-refractivity contribution in [3.05, 3.63) is 29.7 Å². The van der Waals surface area contributed by atoms with E-state index in [4.69, 9.17) is 4.74 Å². The van der Waals surface area contributed by atoms with E-state index in [2.05, 4.69) is 19.2 Å². The van der Waals surface area contributed by atoms with Gasteiger partial charge in [-0.1, -0.05) is 0 Å². The number of carbonyl (C=O) groups excluding carboxylic acids is 1. The quantitative estimate of drug-likeness (QED) is 0.718. The fourth-order valence-corrected chi connectivity index (χ4v) is 5.95. The molecule has 5 rings (SSSR count). The number of rotatable bonds is 4. The largest absolute Gasteiger partial charge is 0.450 e. The van der Waals surface area contributed by atoms with E-state index in [0.29, 0.717) is 12.6 Å². The van der Waals surface area contributed by atoms with Crippen molar-refractivity contribution in [2.75, 3.05) is 50.8 Å². The van der Waals surface area contributed by atoms with Gasteiger partial charge in [-0.05, 0) is 43.8 Å². The Balaban J connectivity index is 1.19. The van der Waals surface area contributed by atoms with E-state index in [1.54, 1.807) is 12.3 Å². The summed E-state index contributed by atoms with van der Waals surface area (Å²) < 4.78 is 23.2. The van der Waals surface area contributed by atoms with E-state index in [0.717, 1.165) is 62.6 Å². The molecule has 1 spiro atoms. The summed E-state index contributed by atoms with van der Waals surface area (Å²) in [6.07, 6.45) is 6.44. The van der Waals surface area contributed by atoms with Crippen molar-refractivity contribution < 1.29 is 13.9 Å². The highest BCUT2D eigenvalue weighted by Crippen LogP contribution is 2.47. The molecule has 7 nitrogen and oxygen atoms in total. The molecule has 4 heterocycles. The van der Waals surface area contributed by atoms with Crippen LogP contribution in [-0.4, -0.2) is 77.2 Å². The average molecular weight is 446 g/mol. The summed E-state index contributed by atoms with van der Waals surface area (Å²) in [5.41, 5.74) is 2.02. The van der Waals surface area contributed by atoms with E-state index in [-0.39, 0.29) is 17.3 Å². The number of carbonyl (C=O) groups is 1. The first kappa shape index (κ1) is 20.6. The predicted octanol–water partition coefficient (Wildman–Crippen LogP) is 3.48. The van der Waals surface area contributed by atoms with Gasteiger partial charge in [0.1, 0.15) is 11.6 Å². The summed E-state index contributed by atoms with van der Waals surface area (Å²) >= 11 is 1.37. The molecule has 0 N–H and O–H groups in total. The van der Waals surface area contributed by atoms with Crippen LogP contribution >= 0.6 is 11.5 Å². The molecule has 0 unspecified atom stereocenters. The molecule has 0 radical (unpaired) electrons. The molecule has 3 aliphatic rings. The first-order valence-corrected chi connectivity index (χ1v) is 11.9. The number of ether oxygens (including phenoxy) is 1. The Morgan fingerprint density at radius 1 is 1.29 bits per heavy atom. The Morgan fingerprint density at radius 3 is 2.81 bits per heavy atom. The van der Waals surface area contributed by atoms with Crippen LogP contribution in [0.3, 0.4) is 0 Å². The zero-order valence-corrected chi connectivity index (χ0v) is 18.6. The van der Waals surface area contributed by atoms with Gasteiger partial charge in [-0.15, -0.1) is 0 Å². The van der Waals surface area contributed by atoms with Gasteiger partial charge in [0.2, 0.25) is 0 Å². The second-order valence-corrected chi connectivity index (χ2v) is 9.57. The van der Waals surface area contributed by atoms with Crippen LogP contribution in [0.25, 0.3) is 11.1 Å². The van der Waals surface area contributed by atoms with Crippen molar-refractivity contribution >= 4 is 23.4 Å². The maximum Gasteiger partial charge on any atom is 0.409 e. The number of nitrogens with zero attached hydrogens (tertiary/aromatic N) is 5. The third-order valence-electron chi connectivity index (χ3n) is 6.96. The summed E-state index contributed by atoms with van der Waals surface area (Å²) in [5.74, 6) is 0.519. The maximum atomic E-state index is 13.9. The molecule has 0 bridgehead atoms. The average Bonchev–Trinajstić information content (AvgIpc) is 3.43. The zero-order chi connectivity index (χ0) is 21.4. The van der Waals surface area contributed by atoms with E-state index < -0.39 is 0 Å². The monoisotopic (exact) mass is 445 g/mol. The standard InChI is InChI=1S/C22H28FN5O2S/c1-2-30-21(29)28-14-22(15-28)4-3-18(10-22)26-5-7-27(8-6-26)20-19(9-17(23)12-24-20)16-11-25-31-13-16/h9,11-13,18H,2-8,10,14-15H2,1H3/t18-/m1/s1. The van der Waals surface area contributed by atoms with Crippen molar-refractivity contribution in [1.82, 2.24) is 19.2 Å². The lowest BCUT2D eigenvalue weighted by Crippen LogP contribution is -2.58. The fraction of sp³-hybridized carbons (Fsp3) is 0.591. The van der Waals surface area contributed by atoms with Crippen LogP contribution in [0.4, 0.5) is 15.0 Å². The Morgan fingerprint density at radius 2 is 2.10 bits per heavy atom. The fourth-order valence-electron chi connectivity index (χ4n) is 5.42. The molecule has 31 heavy (non-hydrogen) atoms. The van der Waals surface area contributed by atoms with Crippen LogP contribution < -0.4 is 4.90 Å². The Bertz CT molecular complexity index is 926. The lowest BCUT2D eigenvalue weighted by atomic mass is 9.78. The van der Waals surface area contributed by atoms with Gasteiger partial charge in [0.25, 0.3) is 0 Å². The van der Waals surface area contributed by atoms with Gasteiger partial charge in [0.05, 0.1) is 12.8 Å². The van der Waals surface area contributed by atoms with Crippen LogP contribution in [0.2, 0.25) is 0 Å². The van der Waals surface area contributed by atoms with Crippen LogP contribution in [0.1, 0.15) is 26.2 Å². The van der Waals surface area contributed by atoms with E-state index in [1.807, 2.05) is 17.2 Å². The number of halogens is 1. The number of aromatic nitrogens is 2. The van der Waals surface area contributed by atoms with Gasteiger partial charge in [0.15, 0.2) is 0 Å². The predicted molar refractivity (Wildman–Crippen MR) is 118 cm³/mol. The van der Waals surface area contributed by atoms with Gasteiger partial charge in [-0.25, -0.2) is 18.5 Å². The van der Waals surface area contributed by atoms with E-state index >= 15 is 0 Å². The molecule has 9 heteroatoms. The molecule has 2 aliphatic heterocycles. The highest BCUT2D eigenvalue weighted by atomic mass is 32.1. The molecule has 166 valence electrons. The first-order chi connectivity index (χ1) is 15.1. The summed E-state index contributed by atoms with van der Waals surface area (Å²) in [7, 11) is 0. The zero-order valence-electron chi connectivity index (χ0n) is 17.8. The molecule has 2 aromatic rings. The van der Waals surface area contributed by atoms with E-state index in [1.165, 1.54) is 30.6 Å².